The largest absolute Gasteiger partial charge is 0.394 e. The van der Waals surface area contributed by atoms with Gasteiger partial charge in [-0.1, -0.05) is 13.0 Å². The second-order valence-electron chi connectivity index (χ2n) is 2.97. The Morgan fingerprint density at radius 1 is 1.75 bits per heavy atom. The summed E-state index contributed by atoms with van der Waals surface area (Å²) in [4.78, 5) is 12.9. The Hall–Kier alpha value is -0.830. The van der Waals surface area contributed by atoms with Gasteiger partial charge in [-0.25, -0.2) is 0 Å². The summed E-state index contributed by atoms with van der Waals surface area (Å²) in [6.45, 7) is 2.09. The maximum Gasteiger partial charge on any atom is 0.226 e. The van der Waals surface area contributed by atoms with Crippen LogP contribution >= 0.6 is 0 Å². The molecule has 1 saturated heterocycles. The maximum atomic E-state index is 11.2. The van der Waals surface area contributed by atoms with Gasteiger partial charge in [0.25, 0.3) is 0 Å². The Bertz CT molecular complexity index is 189. The molecule has 1 amide bonds. The van der Waals surface area contributed by atoms with Crippen LogP contribution in [0.1, 0.15) is 26.2 Å². The number of hydrogen-bond acceptors (Lipinski definition) is 2. The van der Waals surface area contributed by atoms with Crippen molar-refractivity contribution in [1.82, 2.24) is 4.90 Å². The molecule has 0 radical (unpaired) electrons. The number of aliphatic hydroxyl groups excluding tert-OH is 1. The molecule has 0 aliphatic carbocycles. The highest BCUT2D eigenvalue weighted by molar-refractivity contribution is 5.79. The van der Waals surface area contributed by atoms with Gasteiger partial charge in [0.1, 0.15) is 0 Å². The number of rotatable bonds is 3. The van der Waals surface area contributed by atoms with Crippen LogP contribution in [0.3, 0.4) is 0 Å². The highest BCUT2D eigenvalue weighted by Gasteiger charge is 2.28. The topological polar surface area (TPSA) is 40.5 Å². The normalized spacial score (nSPS) is 24.3. The van der Waals surface area contributed by atoms with E-state index in [1.54, 1.807) is 11.1 Å². The van der Waals surface area contributed by atoms with Crippen LogP contribution in [-0.4, -0.2) is 28.6 Å². The lowest BCUT2D eigenvalue weighted by Crippen LogP contribution is -2.30. The number of hydrogen-bond donors (Lipinski definition) is 1. The minimum Gasteiger partial charge on any atom is -0.394 e. The fourth-order valence-corrected chi connectivity index (χ4v) is 1.36. The average Bonchev–Trinajstić information content (AvgIpc) is 2.43. The first kappa shape index (κ1) is 9.26. The summed E-state index contributed by atoms with van der Waals surface area (Å²) in [6, 6.07) is 0.0142. The Morgan fingerprint density at radius 3 is 3.08 bits per heavy atom. The van der Waals surface area contributed by atoms with E-state index in [1.165, 1.54) is 0 Å². The van der Waals surface area contributed by atoms with Gasteiger partial charge in [0.15, 0.2) is 0 Å². The number of carbonyl (C=O) groups is 1. The first-order chi connectivity index (χ1) is 5.79. The van der Waals surface area contributed by atoms with Gasteiger partial charge in [-0.3, -0.25) is 4.79 Å². The number of nitrogens with zero attached hydrogens (tertiary/aromatic N) is 1. The van der Waals surface area contributed by atoms with Crippen LogP contribution < -0.4 is 0 Å². The van der Waals surface area contributed by atoms with E-state index in [9.17, 15) is 4.79 Å². The Kier molecular flexibility index (Phi) is 3.29. The van der Waals surface area contributed by atoms with Gasteiger partial charge >= 0.3 is 0 Å². The second-order valence-corrected chi connectivity index (χ2v) is 2.97. The first-order valence-corrected chi connectivity index (χ1v) is 4.38. The van der Waals surface area contributed by atoms with Crippen LogP contribution in [0.2, 0.25) is 0 Å². The zero-order chi connectivity index (χ0) is 8.97. The summed E-state index contributed by atoms with van der Waals surface area (Å²) in [6.07, 6.45) is 5.99. The van der Waals surface area contributed by atoms with Gasteiger partial charge in [0, 0.05) is 12.6 Å². The molecular formula is C9H15NO2. The average molecular weight is 169 g/mol. The van der Waals surface area contributed by atoms with E-state index < -0.39 is 0 Å². The molecule has 0 aromatic carbocycles. The highest BCUT2D eigenvalue weighted by Crippen LogP contribution is 2.18. The van der Waals surface area contributed by atoms with E-state index >= 15 is 0 Å². The van der Waals surface area contributed by atoms with Crippen molar-refractivity contribution in [3.63, 3.8) is 0 Å². The summed E-state index contributed by atoms with van der Waals surface area (Å²) in [5.74, 6) is 0.124. The van der Waals surface area contributed by atoms with Crippen LogP contribution in [0.25, 0.3) is 0 Å². The molecule has 3 nitrogen and oxygen atoms in total. The standard InChI is InChI=1S/C9H15NO2/c1-2-3-6-10-8(7-11)4-5-9(10)12/h3,6,8,11H,2,4-5,7H2,1H3/b6-3+. The molecule has 0 spiro atoms. The molecule has 1 atom stereocenters. The molecule has 3 heteroatoms. The Balaban J connectivity index is 2.57. The van der Waals surface area contributed by atoms with E-state index in [-0.39, 0.29) is 18.6 Å². The zero-order valence-electron chi connectivity index (χ0n) is 7.36. The lowest BCUT2D eigenvalue weighted by Gasteiger charge is -2.18. The number of amides is 1. The summed E-state index contributed by atoms with van der Waals surface area (Å²) in [5.41, 5.74) is 0. The minimum absolute atomic E-state index is 0.0142. The van der Waals surface area contributed by atoms with Gasteiger partial charge in [0.2, 0.25) is 5.91 Å². The first-order valence-electron chi connectivity index (χ1n) is 4.38. The third-order valence-electron chi connectivity index (χ3n) is 2.09. The summed E-state index contributed by atoms with van der Waals surface area (Å²) < 4.78 is 0. The molecule has 1 fully saturated rings. The second kappa shape index (κ2) is 4.26. The Morgan fingerprint density at radius 2 is 2.50 bits per heavy atom. The minimum atomic E-state index is 0.0142. The van der Waals surface area contributed by atoms with Crippen molar-refractivity contribution in [3.05, 3.63) is 12.3 Å². The molecule has 12 heavy (non-hydrogen) atoms. The maximum absolute atomic E-state index is 11.2. The number of likely N-dealkylation sites (tertiary alicyclic amines) is 1. The molecule has 1 rings (SSSR count). The van der Waals surface area contributed by atoms with E-state index in [1.807, 2.05) is 13.0 Å². The molecule has 1 aliphatic rings. The van der Waals surface area contributed by atoms with Gasteiger partial charge in [-0.05, 0) is 12.8 Å². The van der Waals surface area contributed by atoms with Crippen molar-refractivity contribution in [3.8, 4) is 0 Å². The van der Waals surface area contributed by atoms with Crippen LogP contribution in [-0.2, 0) is 4.79 Å². The van der Waals surface area contributed by atoms with Crippen LogP contribution in [0.4, 0.5) is 0 Å². The molecule has 0 aromatic rings. The smallest absolute Gasteiger partial charge is 0.226 e. The van der Waals surface area contributed by atoms with Crippen molar-refractivity contribution in [1.29, 1.82) is 0 Å². The quantitative estimate of drug-likeness (QED) is 0.681. The number of aliphatic hydroxyl groups is 1. The van der Waals surface area contributed by atoms with Crippen LogP contribution in [0.15, 0.2) is 12.3 Å². The summed E-state index contributed by atoms with van der Waals surface area (Å²) in [5, 5.41) is 8.93. The van der Waals surface area contributed by atoms with Crippen molar-refractivity contribution in [2.45, 2.75) is 32.2 Å². The number of allylic oxidation sites excluding steroid dienone is 1. The summed E-state index contributed by atoms with van der Waals surface area (Å²) >= 11 is 0. The van der Waals surface area contributed by atoms with Gasteiger partial charge in [-0.2, -0.15) is 0 Å². The monoisotopic (exact) mass is 169 g/mol. The van der Waals surface area contributed by atoms with Gasteiger partial charge in [-0.15, -0.1) is 0 Å². The zero-order valence-corrected chi connectivity index (χ0v) is 7.36. The third kappa shape index (κ3) is 1.85. The molecule has 1 aliphatic heterocycles. The van der Waals surface area contributed by atoms with Crippen molar-refractivity contribution in [2.75, 3.05) is 6.61 Å². The molecule has 0 saturated carbocycles. The molecule has 0 bridgehead atoms. The third-order valence-corrected chi connectivity index (χ3v) is 2.09. The predicted molar refractivity (Wildman–Crippen MR) is 46.4 cm³/mol. The van der Waals surface area contributed by atoms with E-state index in [4.69, 9.17) is 5.11 Å². The lowest BCUT2D eigenvalue weighted by atomic mass is 10.2. The lowest BCUT2D eigenvalue weighted by molar-refractivity contribution is -0.126. The fourth-order valence-electron chi connectivity index (χ4n) is 1.36. The predicted octanol–water partition coefficient (Wildman–Crippen LogP) is 0.893. The van der Waals surface area contributed by atoms with E-state index in [0.29, 0.717) is 6.42 Å². The molecule has 1 unspecified atom stereocenters. The molecule has 0 aromatic heterocycles. The summed E-state index contributed by atoms with van der Waals surface area (Å²) in [7, 11) is 0. The Labute approximate surface area is 72.7 Å². The fraction of sp³-hybridized carbons (Fsp3) is 0.667. The van der Waals surface area contributed by atoms with E-state index in [2.05, 4.69) is 0 Å². The molecule has 1 heterocycles. The highest BCUT2D eigenvalue weighted by atomic mass is 16.3. The number of carbonyl (C=O) groups excluding carboxylic acids is 1. The van der Waals surface area contributed by atoms with Crippen molar-refractivity contribution < 1.29 is 9.90 Å². The van der Waals surface area contributed by atoms with Crippen molar-refractivity contribution in [2.24, 2.45) is 0 Å². The van der Waals surface area contributed by atoms with E-state index in [0.717, 1.165) is 12.8 Å². The van der Waals surface area contributed by atoms with Gasteiger partial charge in [0.05, 0.1) is 12.6 Å². The SMILES string of the molecule is CC/C=C/N1C(=O)CCC1CO. The van der Waals surface area contributed by atoms with Crippen LogP contribution in [0.5, 0.6) is 0 Å². The van der Waals surface area contributed by atoms with Crippen LogP contribution in [0, 0.1) is 0 Å². The molecular weight excluding hydrogens is 154 g/mol. The van der Waals surface area contributed by atoms with Crippen molar-refractivity contribution >= 4 is 5.91 Å². The van der Waals surface area contributed by atoms with Gasteiger partial charge < -0.3 is 10.0 Å². The molecule has 68 valence electrons. The molecule has 1 N–H and O–H groups in total.